The number of halogens is 7. The summed E-state index contributed by atoms with van der Waals surface area (Å²) in [5.41, 5.74) is -6.39. The number of nitrogens with one attached hydrogen (secondary N) is 1. The van der Waals surface area contributed by atoms with Gasteiger partial charge in [-0.05, 0) is 19.1 Å². The van der Waals surface area contributed by atoms with Gasteiger partial charge in [0.2, 0.25) is 0 Å². The Morgan fingerprint density at radius 3 is 1.96 bits per heavy atom. The maximum Gasteiger partial charge on any atom is 0.430 e. The van der Waals surface area contributed by atoms with Gasteiger partial charge >= 0.3 is 18.4 Å². The van der Waals surface area contributed by atoms with Crippen molar-refractivity contribution in [3.8, 4) is 0 Å². The standard InChI is InChI=1S/C14H15ClF6N2O2/c1-8(15)7-22-11(24)23(2)10-5-3-9(4-6-10)12(25,13(16,17)18)14(19,20)21/h3-6,8,25H,7H2,1-2H3,(H,22,24). The van der Waals surface area contributed by atoms with Crippen molar-refractivity contribution in [2.45, 2.75) is 30.3 Å². The molecule has 0 aliphatic carbocycles. The molecule has 0 aliphatic rings. The lowest BCUT2D eigenvalue weighted by molar-refractivity contribution is -0.376. The van der Waals surface area contributed by atoms with Crippen molar-refractivity contribution >= 4 is 23.3 Å². The summed E-state index contributed by atoms with van der Waals surface area (Å²) in [4.78, 5) is 12.8. The average Bonchev–Trinajstić information content (AvgIpc) is 2.49. The molecule has 0 fully saturated rings. The first-order valence-electron chi connectivity index (χ1n) is 6.83. The number of carbonyl (C=O) groups excluding carboxylic acids is 1. The molecule has 0 radical (unpaired) electrons. The molecule has 0 spiro atoms. The number of nitrogens with zero attached hydrogens (tertiary/aromatic N) is 1. The van der Waals surface area contributed by atoms with Gasteiger partial charge in [-0.25, -0.2) is 4.79 Å². The van der Waals surface area contributed by atoms with Gasteiger partial charge in [-0.1, -0.05) is 12.1 Å². The fourth-order valence-electron chi connectivity index (χ4n) is 1.88. The van der Waals surface area contributed by atoms with Gasteiger partial charge in [0.05, 0.1) is 0 Å². The molecular formula is C14H15ClF6N2O2. The molecule has 142 valence electrons. The number of urea groups is 1. The Bertz CT molecular complexity index is 587. The topological polar surface area (TPSA) is 52.6 Å². The Morgan fingerprint density at radius 1 is 1.16 bits per heavy atom. The molecule has 0 aromatic heterocycles. The minimum absolute atomic E-state index is 0.0233. The molecule has 2 amide bonds. The Kier molecular flexibility index (Phi) is 6.22. The van der Waals surface area contributed by atoms with Crippen molar-refractivity contribution in [3.05, 3.63) is 29.8 Å². The second-order valence-electron chi connectivity index (χ2n) is 5.28. The van der Waals surface area contributed by atoms with E-state index in [-0.39, 0.29) is 17.6 Å². The van der Waals surface area contributed by atoms with E-state index in [0.717, 1.165) is 17.0 Å². The summed E-state index contributed by atoms with van der Waals surface area (Å²) in [7, 11) is 1.27. The van der Waals surface area contributed by atoms with Crippen LogP contribution in [0, 0.1) is 0 Å². The summed E-state index contributed by atoms with van der Waals surface area (Å²) in [6, 6.07) is 2.00. The van der Waals surface area contributed by atoms with E-state index in [2.05, 4.69) is 5.32 Å². The van der Waals surface area contributed by atoms with E-state index in [1.807, 2.05) is 0 Å². The predicted molar refractivity (Wildman–Crippen MR) is 79.6 cm³/mol. The minimum Gasteiger partial charge on any atom is -0.369 e. The number of hydrogen-bond donors (Lipinski definition) is 2. The fourth-order valence-corrected chi connectivity index (χ4v) is 1.96. The lowest BCUT2D eigenvalue weighted by Crippen LogP contribution is -2.53. The Morgan fingerprint density at radius 2 is 1.60 bits per heavy atom. The van der Waals surface area contributed by atoms with Gasteiger partial charge in [0.1, 0.15) is 0 Å². The first-order valence-corrected chi connectivity index (χ1v) is 7.27. The number of benzene rings is 1. The highest BCUT2D eigenvalue weighted by atomic mass is 35.5. The van der Waals surface area contributed by atoms with Crippen LogP contribution in [0.3, 0.4) is 0 Å². The third-order valence-electron chi connectivity index (χ3n) is 3.33. The minimum atomic E-state index is -5.97. The number of alkyl halides is 7. The van der Waals surface area contributed by atoms with E-state index in [4.69, 9.17) is 11.6 Å². The molecule has 25 heavy (non-hydrogen) atoms. The summed E-state index contributed by atoms with van der Waals surface area (Å²) < 4.78 is 76.8. The molecule has 0 bridgehead atoms. The number of carbonyl (C=O) groups is 1. The number of amides is 2. The van der Waals surface area contributed by atoms with Gasteiger partial charge in [0.25, 0.3) is 5.60 Å². The molecule has 0 saturated carbocycles. The van der Waals surface area contributed by atoms with Gasteiger partial charge in [-0.3, -0.25) is 4.90 Å². The maximum absolute atomic E-state index is 12.8. The second kappa shape index (κ2) is 7.28. The highest BCUT2D eigenvalue weighted by Crippen LogP contribution is 2.50. The number of anilines is 1. The van der Waals surface area contributed by atoms with Gasteiger partial charge in [0.15, 0.2) is 0 Å². The van der Waals surface area contributed by atoms with Crippen LogP contribution >= 0.6 is 11.6 Å². The SMILES string of the molecule is CC(Cl)CNC(=O)N(C)c1ccc(C(O)(C(F)(F)F)C(F)(F)F)cc1. The van der Waals surface area contributed by atoms with Crippen molar-refractivity contribution < 1.29 is 36.2 Å². The lowest BCUT2D eigenvalue weighted by atomic mass is 9.92. The first-order chi connectivity index (χ1) is 11.2. The third kappa shape index (κ3) is 4.49. The van der Waals surface area contributed by atoms with Crippen molar-refractivity contribution in [1.82, 2.24) is 5.32 Å². The average molecular weight is 393 g/mol. The highest BCUT2D eigenvalue weighted by molar-refractivity contribution is 6.20. The predicted octanol–water partition coefficient (Wildman–Crippen LogP) is 3.77. The van der Waals surface area contributed by atoms with E-state index in [1.165, 1.54) is 7.05 Å². The van der Waals surface area contributed by atoms with E-state index in [0.29, 0.717) is 12.1 Å². The molecule has 1 aromatic carbocycles. The van der Waals surface area contributed by atoms with Crippen molar-refractivity contribution in [1.29, 1.82) is 0 Å². The van der Waals surface area contributed by atoms with Crippen LogP contribution in [0.5, 0.6) is 0 Å². The number of hydrogen-bond acceptors (Lipinski definition) is 2. The molecule has 0 aliphatic heterocycles. The molecule has 1 unspecified atom stereocenters. The van der Waals surface area contributed by atoms with Crippen LogP contribution in [0.4, 0.5) is 36.8 Å². The molecule has 1 atom stereocenters. The molecule has 0 heterocycles. The van der Waals surface area contributed by atoms with Crippen molar-refractivity contribution in [2.24, 2.45) is 0 Å². The van der Waals surface area contributed by atoms with Crippen molar-refractivity contribution in [3.63, 3.8) is 0 Å². The number of rotatable bonds is 4. The van der Waals surface area contributed by atoms with Gasteiger partial charge < -0.3 is 10.4 Å². The summed E-state index contributed by atoms with van der Waals surface area (Å²) in [5.74, 6) is 0. The Balaban J connectivity index is 3.11. The summed E-state index contributed by atoms with van der Waals surface area (Å²) in [5, 5.41) is 11.3. The van der Waals surface area contributed by atoms with Gasteiger partial charge in [-0.15, -0.1) is 11.6 Å². The lowest BCUT2D eigenvalue weighted by Gasteiger charge is -2.32. The van der Waals surface area contributed by atoms with E-state index < -0.39 is 29.5 Å². The molecule has 11 heteroatoms. The molecule has 4 nitrogen and oxygen atoms in total. The van der Waals surface area contributed by atoms with Crippen LogP contribution in [-0.2, 0) is 5.60 Å². The van der Waals surface area contributed by atoms with Crippen LogP contribution in [0.25, 0.3) is 0 Å². The summed E-state index contributed by atoms with van der Waals surface area (Å²) in [6.07, 6.45) is -11.9. The second-order valence-corrected chi connectivity index (χ2v) is 6.02. The zero-order valence-electron chi connectivity index (χ0n) is 13.0. The normalized spacial score (nSPS) is 14.2. The molecule has 2 N–H and O–H groups in total. The van der Waals surface area contributed by atoms with Crippen LogP contribution in [-0.4, -0.2) is 42.5 Å². The van der Waals surface area contributed by atoms with Crippen LogP contribution in [0.2, 0.25) is 0 Å². The zero-order chi connectivity index (χ0) is 19.6. The van der Waals surface area contributed by atoms with E-state index >= 15 is 0 Å². The van der Waals surface area contributed by atoms with E-state index in [1.54, 1.807) is 6.92 Å². The smallest absolute Gasteiger partial charge is 0.369 e. The molecule has 1 rings (SSSR count). The maximum atomic E-state index is 12.8. The Labute approximate surface area is 144 Å². The Hall–Kier alpha value is -1.68. The van der Waals surface area contributed by atoms with Crippen molar-refractivity contribution in [2.75, 3.05) is 18.5 Å². The van der Waals surface area contributed by atoms with Crippen LogP contribution < -0.4 is 10.2 Å². The summed E-state index contributed by atoms with van der Waals surface area (Å²) >= 11 is 5.65. The van der Waals surface area contributed by atoms with Crippen LogP contribution in [0.15, 0.2) is 24.3 Å². The quantitative estimate of drug-likeness (QED) is 0.605. The zero-order valence-corrected chi connectivity index (χ0v) is 13.8. The summed E-state index contributed by atoms with van der Waals surface area (Å²) in [6.45, 7) is 1.73. The molecule has 0 saturated heterocycles. The monoisotopic (exact) mass is 392 g/mol. The largest absolute Gasteiger partial charge is 0.430 e. The fraction of sp³-hybridized carbons (Fsp3) is 0.500. The molecular weight excluding hydrogens is 378 g/mol. The van der Waals surface area contributed by atoms with Gasteiger partial charge in [0, 0.05) is 30.2 Å². The van der Waals surface area contributed by atoms with Gasteiger partial charge in [-0.2, -0.15) is 26.3 Å². The first kappa shape index (κ1) is 21.4. The van der Waals surface area contributed by atoms with Crippen LogP contribution in [0.1, 0.15) is 12.5 Å². The highest BCUT2D eigenvalue weighted by Gasteiger charge is 2.71. The third-order valence-corrected chi connectivity index (χ3v) is 3.49. The van der Waals surface area contributed by atoms with E-state index in [9.17, 15) is 36.2 Å². The molecule has 1 aromatic rings. The number of aliphatic hydroxyl groups is 1.